The van der Waals surface area contributed by atoms with E-state index in [2.05, 4.69) is 24.1 Å². The van der Waals surface area contributed by atoms with Crippen LogP contribution in [0.4, 0.5) is 5.69 Å². The van der Waals surface area contributed by atoms with Crippen molar-refractivity contribution in [2.45, 2.75) is 31.6 Å². The summed E-state index contributed by atoms with van der Waals surface area (Å²) in [5.41, 5.74) is 2.85. The van der Waals surface area contributed by atoms with Gasteiger partial charge < -0.3 is 10.2 Å². The van der Waals surface area contributed by atoms with Gasteiger partial charge in [0.05, 0.1) is 4.90 Å². The number of carbonyl (C=O) groups excluding carboxylic acids is 1. The standard InChI is InChI=1S/C22H29N3O3S/c1-16(2)18-7-9-20(10-8-18)23-22(26)19-6-5-17(3)21(15-19)29(27,28)25-13-11-24(4)12-14-25/h5-10,15-16H,11-14H2,1-4H3,(H,23,26). The monoisotopic (exact) mass is 415 g/mol. The van der Waals surface area contributed by atoms with Gasteiger partial charge in [0.15, 0.2) is 0 Å². The zero-order valence-electron chi connectivity index (χ0n) is 17.5. The van der Waals surface area contributed by atoms with E-state index in [9.17, 15) is 13.2 Å². The van der Waals surface area contributed by atoms with Gasteiger partial charge in [0.1, 0.15) is 0 Å². The van der Waals surface area contributed by atoms with Gasteiger partial charge in [0.2, 0.25) is 10.0 Å². The molecule has 0 unspecified atom stereocenters. The number of hydrogen-bond donors (Lipinski definition) is 1. The molecule has 6 nitrogen and oxygen atoms in total. The van der Waals surface area contributed by atoms with Gasteiger partial charge in [0, 0.05) is 37.4 Å². The molecule has 2 aromatic carbocycles. The SMILES string of the molecule is Cc1ccc(C(=O)Nc2ccc(C(C)C)cc2)cc1S(=O)(=O)N1CCN(C)CC1. The van der Waals surface area contributed by atoms with E-state index >= 15 is 0 Å². The van der Waals surface area contributed by atoms with E-state index in [4.69, 9.17) is 0 Å². The molecule has 1 aliphatic rings. The van der Waals surface area contributed by atoms with E-state index in [1.807, 2.05) is 31.3 Å². The van der Waals surface area contributed by atoms with Crippen LogP contribution in [0.2, 0.25) is 0 Å². The maximum absolute atomic E-state index is 13.1. The first-order valence-electron chi connectivity index (χ1n) is 9.89. The number of sulfonamides is 1. The van der Waals surface area contributed by atoms with Crippen molar-refractivity contribution in [2.24, 2.45) is 0 Å². The Labute approximate surface area is 173 Å². The molecule has 0 atom stereocenters. The lowest BCUT2D eigenvalue weighted by molar-refractivity contribution is 0.102. The van der Waals surface area contributed by atoms with Gasteiger partial charge in [-0.05, 0) is 55.3 Å². The van der Waals surface area contributed by atoms with Gasteiger partial charge in [-0.15, -0.1) is 0 Å². The molecule has 1 N–H and O–H groups in total. The molecule has 1 saturated heterocycles. The van der Waals surface area contributed by atoms with E-state index in [0.717, 1.165) is 0 Å². The largest absolute Gasteiger partial charge is 0.322 e. The van der Waals surface area contributed by atoms with Crippen molar-refractivity contribution in [3.8, 4) is 0 Å². The van der Waals surface area contributed by atoms with Gasteiger partial charge >= 0.3 is 0 Å². The van der Waals surface area contributed by atoms with Crippen molar-refractivity contribution in [1.29, 1.82) is 0 Å². The summed E-state index contributed by atoms with van der Waals surface area (Å²) in [5.74, 6) is 0.0938. The number of nitrogens with one attached hydrogen (secondary N) is 1. The van der Waals surface area contributed by atoms with Crippen molar-refractivity contribution in [1.82, 2.24) is 9.21 Å². The lowest BCUT2D eigenvalue weighted by atomic mass is 10.0. The van der Waals surface area contributed by atoms with Crippen molar-refractivity contribution in [3.05, 3.63) is 59.2 Å². The van der Waals surface area contributed by atoms with Crippen molar-refractivity contribution in [3.63, 3.8) is 0 Å². The summed E-state index contributed by atoms with van der Waals surface area (Å²) in [6, 6.07) is 12.5. The van der Waals surface area contributed by atoms with Crippen LogP contribution in [0.5, 0.6) is 0 Å². The van der Waals surface area contributed by atoms with Gasteiger partial charge in [-0.3, -0.25) is 4.79 Å². The molecule has 3 rings (SSSR count). The third-order valence-corrected chi connectivity index (χ3v) is 7.41. The number of carbonyl (C=O) groups is 1. The molecular formula is C22H29N3O3S. The molecule has 0 radical (unpaired) electrons. The Kier molecular flexibility index (Phi) is 6.41. The molecule has 7 heteroatoms. The predicted molar refractivity (Wildman–Crippen MR) is 116 cm³/mol. The first kappa shape index (κ1) is 21.5. The molecule has 1 fully saturated rings. The van der Waals surface area contributed by atoms with Crippen LogP contribution in [0.1, 0.15) is 41.3 Å². The quantitative estimate of drug-likeness (QED) is 0.813. The molecule has 0 spiro atoms. The Morgan fingerprint density at radius 1 is 1.00 bits per heavy atom. The highest BCUT2D eigenvalue weighted by atomic mass is 32.2. The number of benzene rings is 2. The second-order valence-corrected chi connectivity index (χ2v) is 9.82. The van der Waals surface area contributed by atoms with Gasteiger partial charge in [-0.1, -0.05) is 32.0 Å². The minimum Gasteiger partial charge on any atom is -0.322 e. The second-order valence-electron chi connectivity index (χ2n) is 7.92. The smallest absolute Gasteiger partial charge is 0.255 e. The molecule has 0 saturated carbocycles. The van der Waals surface area contributed by atoms with Crippen LogP contribution < -0.4 is 5.32 Å². The van der Waals surface area contributed by atoms with Crippen LogP contribution in [0.3, 0.4) is 0 Å². The van der Waals surface area contributed by atoms with Crippen molar-refractivity contribution in [2.75, 3.05) is 38.5 Å². The number of amides is 1. The molecule has 29 heavy (non-hydrogen) atoms. The van der Waals surface area contributed by atoms with Gasteiger partial charge in [-0.25, -0.2) is 8.42 Å². The van der Waals surface area contributed by atoms with E-state index in [1.165, 1.54) is 15.9 Å². The molecular weight excluding hydrogens is 386 g/mol. The third kappa shape index (κ3) is 4.86. The minimum atomic E-state index is -3.63. The normalized spacial score (nSPS) is 16.2. The van der Waals surface area contributed by atoms with Crippen LogP contribution >= 0.6 is 0 Å². The molecule has 1 aliphatic heterocycles. The average molecular weight is 416 g/mol. The highest BCUT2D eigenvalue weighted by Gasteiger charge is 2.29. The topological polar surface area (TPSA) is 69.7 Å². The van der Waals surface area contributed by atoms with E-state index < -0.39 is 10.0 Å². The van der Waals surface area contributed by atoms with Crippen LogP contribution in [0.15, 0.2) is 47.4 Å². The third-order valence-electron chi connectivity index (χ3n) is 5.37. The first-order chi connectivity index (χ1) is 13.7. The number of piperazine rings is 1. The highest BCUT2D eigenvalue weighted by molar-refractivity contribution is 7.89. The summed E-state index contributed by atoms with van der Waals surface area (Å²) in [4.78, 5) is 15.0. The Balaban J connectivity index is 1.81. The lowest BCUT2D eigenvalue weighted by Gasteiger charge is -2.32. The number of anilines is 1. The summed E-state index contributed by atoms with van der Waals surface area (Å²) in [6.07, 6.45) is 0. The Hall–Kier alpha value is -2.22. The summed E-state index contributed by atoms with van der Waals surface area (Å²) in [6.45, 7) is 8.29. The van der Waals surface area contributed by atoms with Crippen LogP contribution in [-0.2, 0) is 10.0 Å². The van der Waals surface area contributed by atoms with Crippen LogP contribution in [0, 0.1) is 6.92 Å². The Morgan fingerprint density at radius 3 is 2.21 bits per heavy atom. The highest BCUT2D eigenvalue weighted by Crippen LogP contribution is 2.23. The Morgan fingerprint density at radius 2 is 1.62 bits per heavy atom. The molecule has 0 aromatic heterocycles. The van der Waals surface area contributed by atoms with Crippen LogP contribution in [-0.4, -0.2) is 56.8 Å². The summed E-state index contributed by atoms with van der Waals surface area (Å²) in [7, 11) is -1.65. The fourth-order valence-corrected chi connectivity index (χ4v) is 5.01. The molecule has 156 valence electrons. The molecule has 2 aromatic rings. The Bertz CT molecular complexity index is 977. The number of hydrogen-bond acceptors (Lipinski definition) is 4. The summed E-state index contributed by atoms with van der Waals surface area (Å²) >= 11 is 0. The maximum Gasteiger partial charge on any atom is 0.255 e. The summed E-state index contributed by atoms with van der Waals surface area (Å²) in [5, 5.41) is 2.85. The molecule has 0 aliphatic carbocycles. The number of likely N-dealkylation sites (N-methyl/N-ethyl adjacent to an activating group) is 1. The lowest BCUT2D eigenvalue weighted by Crippen LogP contribution is -2.47. The number of rotatable bonds is 5. The van der Waals surface area contributed by atoms with Crippen molar-refractivity contribution < 1.29 is 13.2 Å². The molecule has 1 amide bonds. The van der Waals surface area contributed by atoms with Gasteiger partial charge in [0.25, 0.3) is 5.91 Å². The first-order valence-corrected chi connectivity index (χ1v) is 11.3. The number of nitrogens with zero attached hydrogens (tertiary/aromatic N) is 2. The van der Waals surface area contributed by atoms with Crippen molar-refractivity contribution >= 4 is 21.6 Å². The van der Waals surface area contributed by atoms with Gasteiger partial charge in [-0.2, -0.15) is 4.31 Å². The maximum atomic E-state index is 13.1. The predicted octanol–water partition coefficient (Wildman–Crippen LogP) is 3.31. The zero-order chi connectivity index (χ0) is 21.2. The minimum absolute atomic E-state index is 0.199. The van der Waals surface area contributed by atoms with E-state index in [1.54, 1.807) is 19.1 Å². The van der Waals surface area contributed by atoms with E-state index in [-0.39, 0.29) is 10.8 Å². The summed E-state index contributed by atoms with van der Waals surface area (Å²) < 4.78 is 27.8. The fourth-order valence-electron chi connectivity index (χ4n) is 3.34. The average Bonchev–Trinajstić information content (AvgIpc) is 2.69. The fraction of sp³-hybridized carbons (Fsp3) is 0.409. The molecule has 1 heterocycles. The van der Waals surface area contributed by atoms with Crippen LogP contribution in [0.25, 0.3) is 0 Å². The number of aryl methyl sites for hydroxylation is 1. The van der Waals surface area contributed by atoms with E-state index in [0.29, 0.717) is 48.9 Å². The zero-order valence-corrected chi connectivity index (χ0v) is 18.3. The molecule has 0 bridgehead atoms. The second kappa shape index (κ2) is 8.65.